The van der Waals surface area contributed by atoms with E-state index in [-0.39, 0.29) is 25.6 Å². The average Bonchev–Trinajstić information content (AvgIpc) is 3.04. The third-order valence-corrected chi connectivity index (χ3v) is 9.62. The van der Waals surface area contributed by atoms with Crippen molar-refractivity contribution in [1.82, 2.24) is 9.80 Å². The summed E-state index contributed by atoms with van der Waals surface area (Å²) in [4.78, 5) is 30.0. The fraction of sp³-hybridized carbons (Fsp3) is 0.429. The first kappa shape index (κ1) is 36.0. The number of ether oxygens (including phenoxy) is 2. The number of nitrogen functional groups attached to an aromatic ring is 1. The van der Waals surface area contributed by atoms with Crippen LogP contribution in [0.4, 0.5) is 17.1 Å². The summed E-state index contributed by atoms with van der Waals surface area (Å²) < 4.78 is 11.8. The molecule has 8 nitrogen and oxygen atoms in total. The number of likely N-dealkylation sites (N-methyl/N-ethyl adjacent to an activating group) is 1. The van der Waals surface area contributed by atoms with Gasteiger partial charge in [-0.2, -0.15) is 0 Å². The van der Waals surface area contributed by atoms with E-state index in [9.17, 15) is 9.59 Å². The third kappa shape index (κ3) is 10.3. The molecule has 248 valence electrons. The van der Waals surface area contributed by atoms with E-state index in [0.29, 0.717) is 57.1 Å². The molecule has 1 aliphatic carbocycles. The van der Waals surface area contributed by atoms with Crippen molar-refractivity contribution in [3.63, 3.8) is 0 Å². The number of hydrogen-bond acceptors (Lipinski definition) is 8. The van der Waals surface area contributed by atoms with Crippen molar-refractivity contribution in [2.45, 2.75) is 58.0 Å². The molecule has 11 heteroatoms. The zero-order valence-electron chi connectivity index (χ0n) is 26.5. The molecule has 0 heterocycles. The number of para-hydroxylation sites is 2. The Kier molecular flexibility index (Phi) is 14.0. The number of halogens is 3. The molecule has 0 radical (unpaired) electrons. The predicted octanol–water partition coefficient (Wildman–Crippen LogP) is 8.11. The van der Waals surface area contributed by atoms with Gasteiger partial charge in [-0.15, -0.1) is 0 Å². The zero-order valence-corrected chi connectivity index (χ0v) is 29.6. The number of anilines is 3. The molecule has 0 saturated heterocycles. The van der Waals surface area contributed by atoms with E-state index in [1.165, 1.54) is 32.1 Å². The van der Waals surface area contributed by atoms with Gasteiger partial charge in [0.25, 0.3) is 0 Å². The van der Waals surface area contributed by atoms with E-state index in [1.807, 2.05) is 42.3 Å². The Morgan fingerprint density at radius 2 is 1.63 bits per heavy atom. The molecule has 1 aliphatic rings. The zero-order chi connectivity index (χ0) is 33.1. The lowest BCUT2D eigenvalue weighted by molar-refractivity contribution is -0.143. The molecule has 3 aromatic rings. The van der Waals surface area contributed by atoms with Crippen LogP contribution in [0.2, 0.25) is 10.0 Å². The summed E-state index contributed by atoms with van der Waals surface area (Å²) in [5, 5.41) is 4.20. The Morgan fingerprint density at radius 3 is 2.33 bits per heavy atom. The van der Waals surface area contributed by atoms with Gasteiger partial charge in [-0.25, -0.2) is 4.79 Å². The molecule has 0 aromatic heterocycles. The monoisotopic (exact) mass is 732 g/mol. The second-order valence-electron chi connectivity index (χ2n) is 11.6. The largest absolute Gasteiger partial charge is 0.464 e. The minimum Gasteiger partial charge on any atom is -0.464 e. The van der Waals surface area contributed by atoms with Crippen LogP contribution >= 0.6 is 39.1 Å². The molecule has 46 heavy (non-hydrogen) atoms. The molecule has 0 amide bonds. The minimum atomic E-state index is -0.396. The molecular weight excluding hydrogens is 691 g/mol. The van der Waals surface area contributed by atoms with Crippen molar-refractivity contribution in [2.75, 3.05) is 50.9 Å². The van der Waals surface area contributed by atoms with Gasteiger partial charge >= 0.3 is 11.9 Å². The van der Waals surface area contributed by atoms with Gasteiger partial charge in [0.15, 0.2) is 0 Å². The fourth-order valence-corrected chi connectivity index (χ4v) is 6.64. The van der Waals surface area contributed by atoms with Crippen molar-refractivity contribution in [3.05, 3.63) is 85.8 Å². The van der Waals surface area contributed by atoms with Gasteiger partial charge in [0.05, 0.1) is 33.4 Å². The summed E-state index contributed by atoms with van der Waals surface area (Å²) in [6.45, 7) is 5.19. The quantitative estimate of drug-likeness (QED) is 0.120. The summed E-state index contributed by atoms with van der Waals surface area (Å²) in [6, 6.07) is 16.8. The maximum Gasteiger partial charge on any atom is 0.338 e. The van der Waals surface area contributed by atoms with Gasteiger partial charge in [0.1, 0.15) is 13.2 Å². The van der Waals surface area contributed by atoms with Gasteiger partial charge in [-0.05, 0) is 83.8 Å². The molecular formula is C35H43BrCl2N4O4. The van der Waals surface area contributed by atoms with Crippen molar-refractivity contribution in [2.24, 2.45) is 0 Å². The van der Waals surface area contributed by atoms with Gasteiger partial charge in [-0.3, -0.25) is 14.6 Å². The number of rotatable bonds is 15. The Labute approximate surface area is 290 Å². The second kappa shape index (κ2) is 17.9. The summed E-state index contributed by atoms with van der Waals surface area (Å²) in [6.07, 6.45) is 6.32. The first-order chi connectivity index (χ1) is 22.2. The van der Waals surface area contributed by atoms with Crippen LogP contribution < -0.4 is 11.1 Å². The van der Waals surface area contributed by atoms with Crippen LogP contribution in [0.3, 0.4) is 0 Å². The standard InChI is InChI=1S/C35H43BrCl2N4O4/c1-3-42(27-11-5-4-6-12-27)23-26-20-25(21-28(36)33(26)39)35(44)46-19-17-41(2)16-18-45-32(43)22-24-10-7-8-15-31(24)40-34-29(37)13-9-14-30(34)38/h7-10,13-15,20-21,27,40H,3-6,11-12,16-19,22-23,39H2,1-2H3. The third-order valence-electron chi connectivity index (χ3n) is 8.34. The Bertz CT molecular complexity index is 1460. The summed E-state index contributed by atoms with van der Waals surface area (Å²) >= 11 is 16.1. The van der Waals surface area contributed by atoms with Gasteiger partial charge in [0, 0.05) is 35.8 Å². The number of esters is 2. The molecule has 3 aromatic carbocycles. The smallest absolute Gasteiger partial charge is 0.338 e. The molecule has 4 rings (SSSR count). The highest BCUT2D eigenvalue weighted by molar-refractivity contribution is 9.10. The molecule has 1 saturated carbocycles. The minimum absolute atomic E-state index is 0.0857. The van der Waals surface area contributed by atoms with Crippen LogP contribution in [0.5, 0.6) is 0 Å². The van der Waals surface area contributed by atoms with Crippen molar-refractivity contribution in [3.8, 4) is 0 Å². The van der Waals surface area contributed by atoms with Crippen molar-refractivity contribution < 1.29 is 19.1 Å². The lowest BCUT2D eigenvalue weighted by Gasteiger charge is -2.34. The first-order valence-electron chi connectivity index (χ1n) is 15.8. The van der Waals surface area contributed by atoms with Gasteiger partial charge < -0.3 is 20.5 Å². The number of benzene rings is 3. The number of hydrogen-bond donors (Lipinski definition) is 2. The highest BCUT2D eigenvalue weighted by Gasteiger charge is 2.22. The topological polar surface area (TPSA) is 97.1 Å². The SMILES string of the molecule is CCN(Cc1cc(C(=O)OCCN(C)CCOC(=O)Cc2ccccc2Nc2c(Cl)cccc2Cl)cc(Br)c1N)C1CCCCC1. The van der Waals surface area contributed by atoms with E-state index in [4.69, 9.17) is 38.4 Å². The number of nitrogens with two attached hydrogens (primary N) is 1. The van der Waals surface area contributed by atoms with E-state index < -0.39 is 5.97 Å². The van der Waals surface area contributed by atoms with Crippen LogP contribution in [0.25, 0.3) is 0 Å². The van der Waals surface area contributed by atoms with Gasteiger partial charge in [0.2, 0.25) is 0 Å². The first-order valence-corrected chi connectivity index (χ1v) is 17.3. The molecule has 0 atom stereocenters. The average molecular weight is 735 g/mol. The van der Waals surface area contributed by atoms with E-state index in [2.05, 4.69) is 33.1 Å². The maximum absolute atomic E-state index is 13.0. The van der Waals surface area contributed by atoms with Crippen LogP contribution in [0.15, 0.2) is 59.1 Å². The number of carbonyl (C=O) groups is 2. The summed E-state index contributed by atoms with van der Waals surface area (Å²) in [7, 11) is 1.89. The predicted molar refractivity (Wildman–Crippen MR) is 190 cm³/mol. The highest BCUT2D eigenvalue weighted by Crippen LogP contribution is 2.34. The van der Waals surface area contributed by atoms with Crippen LogP contribution in [-0.4, -0.2) is 67.7 Å². The van der Waals surface area contributed by atoms with E-state index in [0.717, 1.165) is 23.4 Å². The van der Waals surface area contributed by atoms with E-state index in [1.54, 1.807) is 24.3 Å². The van der Waals surface area contributed by atoms with Crippen molar-refractivity contribution >= 4 is 68.1 Å². The van der Waals surface area contributed by atoms with Crippen molar-refractivity contribution in [1.29, 1.82) is 0 Å². The molecule has 0 aliphatic heterocycles. The normalized spacial score (nSPS) is 13.6. The molecule has 1 fully saturated rings. The fourth-order valence-electron chi connectivity index (χ4n) is 5.65. The highest BCUT2D eigenvalue weighted by atomic mass is 79.9. The Balaban J connectivity index is 1.21. The lowest BCUT2D eigenvalue weighted by atomic mass is 9.93. The lowest BCUT2D eigenvalue weighted by Crippen LogP contribution is -2.36. The molecule has 3 N–H and O–H groups in total. The number of nitrogens with one attached hydrogen (secondary N) is 1. The van der Waals surface area contributed by atoms with Crippen LogP contribution in [0.1, 0.15) is 60.5 Å². The Hall–Kier alpha value is -2.82. The summed E-state index contributed by atoms with van der Waals surface area (Å²) in [5.74, 6) is -0.748. The van der Waals surface area contributed by atoms with E-state index >= 15 is 0 Å². The molecule has 0 bridgehead atoms. The van der Waals surface area contributed by atoms with Crippen LogP contribution in [0, 0.1) is 0 Å². The summed E-state index contributed by atoms with van der Waals surface area (Å²) in [5.41, 5.74) is 10.5. The van der Waals surface area contributed by atoms with Crippen LogP contribution in [-0.2, 0) is 27.2 Å². The number of carbonyl (C=O) groups excluding carboxylic acids is 2. The second-order valence-corrected chi connectivity index (χ2v) is 13.3. The maximum atomic E-state index is 13.0. The molecule has 0 spiro atoms. The Morgan fingerprint density at radius 1 is 0.957 bits per heavy atom. The molecule has 0 unspecified atom stereocenters. The number of nitrogens with zero attached hydrogens (tertiary/aromatic N) is 2. The van der Waals surface area contributed by atoms with Gasteiger partial charge in [-0.1, -0.05) is 73.7 Å².